The molecule has 0 spiro atoms. The van der Waals surface area contributed by atoms with Crippen LogP contribution < -0.4 is 5.32 Å². The van der Waals surface area contributed by atoms with Crippen LogP contribution in [0.25, 0.3) is 10.8 Å². The fourth-order valence-electron chi connectivity index (χ4n) is 3.41. The average molecular weight is 471 g/mol. The third kappa shape index (κ3) is 4.78. The SMILES string of the molecule is Cc1ccc([N+](=O)[O-])cc1N=Nc1c(O)c(C(=O)Nc2cccc([N+](=O)[O-])c2)cc2ccccc12. The Balaban J connectivity index is 1.77. The molecule has 0 aliphatic rings. The molecule has 0 bridgehead atoms. The molecule has 4 aromatic carbocycles. The number of non-ortho nitro benzene ring substituents is 2. The first-order valence-corrected chi connectivity index (χ1v) is 10.2. The predicted molar refractivity (Wildman–Crippen MR) is 129 cm³/mol. The number of benzene rings is 4. The number of azo groups is 1. The minimum atomic E-state index is -0.711. The Morgan fingerprint density at radius 2 is 1.60 bits per heavy atom. The highest BCUT2D eigenvalue weighted by Crippen LogP contribution is 2.40. The lowest BCUT2D eigenvalue weighted by atomic mass is 10.0. The highest BCUT2D eigenvalue weighted by atomic mass is 16.6. The van der Waals surface area contributed by atoms with E-state index in [1.807, 2.05) is 0 Å². The number of nitro groups is 2. The van der Waals surface area contributed by atoms with Crippen LogP contribution in [0, 0.1) is 27.2 Å². The summed E-state index contributed by atoms with van der Waals surface area (Å²) in [6.45, 7) is 1.71. The predicted octanol–water partition coefficient (Wildman–Crippen LogP) is 6.34. The van der Waals surface area contributed by atoms with Crippen LogP contribution in [0.2, 0.25) is 0 Å². The molecule has 11 heteroatoms. The third-order valence-electron chi connectivity index (χ3n) is 5.22. The summed E-state index contributed by atoms with van der Waals surface area (Å²) in [5.41, 5.74) is 0.540. The van der Waals surface area contributed by atoms with Crippen LogP contribution in [0.4, 0.5) is 28.4 Å². The molecule has 0 atom stereocenters. The summed E-state index contributed by atoms with van der Waals surface area (Å²) in [7, 11) is 0. The van der Waals surface area contributed by atoms with Crippen LogP contribution in [0.5, 0.6) is 5.75 Å². The molecule has 1 amide bonds. The Bertz CT molecular complexity index is 1530. The minimum absolute atomic E-state index is 0.00167. The number of carbonyl (C=O) groups is 1. The van der Waals surface area contributed by atoms with Crippen LogP contribution in [0.3, 0.4) is 0 Å². The first-order valence-electron chi connectivity index (χ1n) is 10.2. The zero-order valence-corrected chi connectivity index (χ0v) is 18.2. The second-order valence-electron chi connectivity index (χ2n) is 7.53. The van der Waals surface area contributed by atoms with Crippen LogP contribution in [-0.2, 0) is 0 Å². The zero-order chi connectivity index (χ0) is 25.1. The number of phenolic OH excluding ortho intramolecular Hbond substituents is 1. The van der Waals surface area contributed by atoms with Crippen molar-refractivity contribution < 1.29 is 19.7 Å². The smallest absolute Gasteiger partial charge is 0.271 e. The fraction of sp³-hybridized carbons (Fsp3) is 0.0417. The molecule has 0 aliphatic heterocycles. The van der Waals surface area contributed by atoms with Gasteiger partial charge in [-0.25, -0.2) is 0 Å². The number of anilines is 1. The van der Waals surface area contributed by atoms with Gasteiger partial charge in [0.05, 0.1) is 21.1 Å². The van der Waals surface area contributed by atoms with E-state index in [1.165, 1.54) is 48.5 Å². The van der Waals surface area contributed by atoms with Crippen LogP contribution >= 0.6 is 0 Å². The molecule has 11 nitrogen and oxygen atoms in total. The number of fused-ring (bicyclic) bond motifs is 1. The Kier molecular flexibility index (Phi) is 6.14. The summed E-state index contributed by atoms with van der Waals surface area (Å²) in [6, 6.07) is 17.9. The summed E-state index contributed by atoms with van der Waals surface area (Å²) in [5.74, 6) is -1.17. The average Bonchev–Trinajstić information content (AvgIpc) is 2.84. The number of hydrogen-bond acceptors (Lipinski definition) is 8. The summed E-state index contributed by atoms with van der Waals surface area (Å²) in [4.78, 5) is 34.0. The van der Waals surface area contributed by atoms with Crippen LogP contribution in [0.15, 0.2) is 83.0 Å². The maximum absolute atomic E-state index is 13.0. The first-order chi connectivity index (χ1) is 16.7. The minimum Gasteiger partial charge on any atom is -0.505 e. The number of phenols is 1. The Labute approximate surface area is 197 Å². The number of nitro benzene ring substituents is 2. The fourth-order valence-corrected chi connectivity index (χ4v) is 3.41. The van der Waals surface area contributed by atoms with Gasteiger partial charge in [0.25, 0.3) is 17.3 Å². The van der Waals surface area contributed by atoms with Crippen molar-refractivity contribution in [3.8, 4) is 5.75 Å². The van der Waals surface area contributed by atoms with E-state index < -0.39 is 21.5 Å². The lowest BCUT2D eigenvalue weighted by Gasteiger charge is -2.11. The van der Waals surface area contributed by atoms with Gasteiger partial charge in [0.2, 0.25) is 0 Å². The Morgan fingerprint density at radius 3 is 2.34 bits per heavy atom. The summed E-state index contributed by atoms with van der Waals surface area (Å²) >= 11 is 0. The van der Waals surface area contributed by atoms with E-state index in [-0.39, 0.29) is 34.0 Å². The molecule has 35 heavy (non-hydrogen) atoms. The van der Waals surface area contributed by atoms with E-state index in [0.717, 1.165) is 0 Å². The van der Waals surface area contributed by atoms with Crippen molar-refractivity contribution in [3.63, 3.8) is 0 Å². The van der Waals surface area contributed by atoms with Gasteiger partial charge in [0.1, 0.15) is 5.69 Å². The molecule has 174 valence electrons. The number of aromatic hydroxyl groups is 1. The van der Waals surface area contributed by atoms with Crippen molar-refractivity contribution in [1.82, 2.24) is 0 Å². The van der Waals surface area contributed by atoms with Gasteiger partial charge >= 0.3 is 0 Å². The summed E-state index contributed by atoms with van der Waals surface area (Å²) in [5, 5.41) is 44.9. The van der Waals surface area contributed by atoms with E-state index in [1.54, 1.807) is 31.2 Å². The van der Waals surface area contributed by atoms with Gasteiger partial charge in [-0.1, -0.05) is 36.4 Å². The van der Waals surface area contributed by atoms with Gasteiger partial charge < -0.3 is 10.4 Å². The number of rotatable bonds is 6. The molecule has 0 radical (unpaired) electrons. The summed E-state index contributed by atoms with van der Waals surface area (Å²) in [6.07, 6.45) is 0. The molecular weight excluding hydrogens is 454 g/mol. The van der Waals surface area contributed by atoms with Gasteiger partial charge in [-0.15, -0.1) is 10.2 Å². The molecule has 2 N–H and O–H groups in total. The van der Waals surface area contributed by atoms with Gasteiger partial charge in [-0.3, -0.25) is 25.0 Å². The maximum atomic E-state index is 13.0. The molecule has 0 fully saturated rings. The lowest BCUT2D eigenvalue weighted by Crippen LogP contribution is -2.12. The molecule has 4 rings (SSSR count). The van der Waals surface area contributed by atoms with Crippen LogP contribution in [0.1, 0.15) is 15.9 Å². The number of hydrogen-bond donors (Lipinski definition) is 2. The Hall–Kier alpha value is -5.19. The second-order valence-corrected chi connectivity index (χ2v) is 7.53. The van der Waals surface area contributed by atoms with Crippen molar-refractivity contribution in [1.29, 1.82) is 0 Å². The van der Waals surface area contributed by atoms with Gasteiger partial charge in [0, 0.05) is 35.3 Å². The maximum Gasteiger partial charge on any atom is 0.271 e. The van der Waals surface area contributed by atoms with Crippen molar-refractivity contribution in [3.05, 3.63) is 104 Å². The standard InChI is InChI=1S/C24H17N5O6/c1-14-9-10-18(29(34)35)13-21(14)26-27-22-19-8-3-2-5-15(19)11-20(23(22)30)24(31)25-16-6-4-7-17(12-16)28(32)33/h2-13,30H,1H3,(H,25,31). The summed E-state index contributed by atoms with van der Waals surface area (Å²) < 4.78 is 0. The second kappa shape index (κ2) is 9.35. The lowest BCUT2D eigenvalue weighted by molar-refractivity contribution is -0.385. The number of aryl methyl sites for hydroxylation is 1. The normalized spacial score (nSPS) is 11.0. The van der Waals surface area contributed by atoms with Gasteiger partial charge in [-0.2, -0.15) is 0 Å². The zero-order valence-electron chi connectivity index (χ0n) is 18.2. The molecular formula is C24H17N5O6. The van der Waals surface area contributed by atoms with Crippen molar-refractivity contribution in [2.45, 2.75) is 6.92 Å². The molecule has 0 aromatic heterocycles. The van der Waals surface area contributed by atoms with Crippen molar-refractivity contribution in [2.24, 2.45) is 10.2 Å². The van der Waals surface area contributed by atoms with E-state index in [2.05, 4.69) is 15.5 Å². The number of nitrogens with zero attached hydrogens (tertiary/aromatic N) is 4. The number of nitrogens with one attached hydrogen (secondary N) is 1. The molecule has 0 unspecified atom stereocenters. The van der Waals surface area contributed by atoms with E-state index in [4.69, 9.17) is 0 Å². The highest BCUT2D eigenvalue weighted by Gasteiger charge is 2.19. The molecule has 0 aliphatic carbocycles. The largest absolute Gasteiger partial charge is 0.505 e. The van der Waals surface area contributed by atoms with Gasteiger partial charge in [-0.05, 0) is 30.0 Å². The molecule has 4 aromatic rings. The topological polar surface area (TPSA) is 160 Å². The van der Waals surface area contributed by atoms with E-state index in [9.17, 15) is 30.1 Å². The van der Waals surface area contributed by atoms with Crippen LogP contribution in [-0.4, -0.2) is 20.9 Å². The molecule has 0 saturated heterocycles. The van der Waals surface area contributed by atoms with E-state index >= 15 is 0 Å². The van der Waals surface area contributed by atoms with Gasteiger partial charge in [0.15, 0.2) is 5.75 Å². The monoisotopic (exact) mass is 471 g/mol. The Morgan fingerprint density at radius 1 is 0.886 bits per heavy atom. The van der Waals surface area contributed by atoms with Crippen molar-refractivity contribution >= 4 is 45.1 Å². The third-order valence-corrected chi connectivity index (χ3v) is 5.22. The van der Waals surface area contributed by atoms with E-state index in [0.29, 0.717) is 16.3 Å². The molecule has 0 saturated carbocycles. The molecule has 0 heterocycles. The number of amides is 1. The number of carbonyl (C=O) groups excluding carboxylic acids is 1. The highest BCUT2D eigenvalue weighted by molar-refractivity contribution is 6.11. The van der Waals surface area contributed by atoms with Crippen molar-refractivity contribution in [2.75, 3.05) is 5.32 Å². The first kappa shape index (κ1) is 23.0. The quantitative estimate of drug-likeness (QED) is 0.189.